The molecule has 1 aromatic rings. The first-order valence-corrected chi connectivity index (χ1v) is 7.61. The average Bonchev–Trinajstić information content (AvgIpc) is 3.03. The molecule has 2 heterocycles. The normalized spacial score (nSPS) is 24.0. The summed E-state index contributed by atoms with van der Waals surface area (Å²) in [6.45, 7) is 5.67. The zero-order chi connectivity index (χ0) is 13.8. The van der Waals surface area contributed by atoms with Crippen molar-refractivity contribution in [3.05, 3.63) is 35.9 Å². The SMILES string of the molecule is O=C([C@H]1CCCN1)N1CCN(Cc2ccccc2)CC1. The Morgan fingerprint density at radius 1 is 1.15 bits per heavy atom. The lowest BCUT2D eigenvalue weighted by Crippen LogP contribution is -2.52. The summed E-state index contributed by atoms with van der Waals surface area (Å²) in [6.07, 6.45) is 2.13. The molecular weight excluding hydrogens is 250 g/mol. The van der Waals surface area contributed by atoms with Crippen molar-refractivity contribution in [3.63, 3.8) is 0 Å². The van der Waals surface area contributed by atoms with E-state index in [4.69, 9.17) is 0 Å². The minimum atomic E-state index is 0.0793. The molecular formula is C16H23N3O. The number of piperazine rings is 1. The van der Waals surface area contributed by atoms with Gasteiger partial charge in [0.25, 0.3) is 0 Å². The number of hydrogen-bond acceptors (Lipinski definition) is 3. The van der Waals surface area contributed by atoms with Crippen molar-refractivity contribution in [3.8, 4) is 0 Å². The van der Waals surface area contributed by atoms with Crippen LogP contribution >= 0.6 is 0 Å². The highest BCUT2D eigenvalue weighted by Crippen LogP contribution is 2.12. The molecule has 0 radical (unpaired) electrons. The van der Waals surface area contributed by atoms with Crippen LogP contribution in [-0.4, -0.2) is 54.5 Å². The van der Waals surface area contributed by atoms with Crippen LogP contribution in [0.3, 0.4) is 0 Å². The molecule has 2 aliphatic heterocycles. The van der Waals surface area contributed by atoms with Crippen molar-refractivity contribution in [2.45, 2.75) is 25.4 Å². The number of carbonyl (C=O) groups excluding carboxylic acids is 1. The van der Waals surface area contributed by atoms with Crippen LogP contribution in [0.1, 0.15) is 18.4 Å². The van der Waals surface area contributed by atoms with E-state index in [1.54, 1.807) is 0 Å². The lowest BCUT2D eigenvalue weighted by atomic mass is 10.1. The summed E-state index contributed by atoms with van der Waals surface area (Å²) in [5.41, 5.74) is 1.35. The standard InChI is InChI=1S/C16H23N3O/c20-16(15-7-4-8-17-15)19-11-9-18(10-12-19)13-14-5-2-1-3-6-14/h1-3,5-6,15,17H,4,7-13H2/t15-/m1/s1. The maximum absolute atomic E-state index is 12.3. The first-order chi connectivity index (χ1) is 9.83. The van der Waals surface area contributed by atoms with Crippen molar-refractivity contribution >= 4 is 5.91 Å². The minimum Gasteiger partial charge on any atom is -0.339 e. The number of amides is 1. The molecule has 4 nitrogen and oxygen atoms in total. The van der Waals surface area contributed by atoms with E-state index in [1.807, 2.05) is 4.90 Å². The second-order valence-corrected chi connectivity index (χ2v) is 5.74. The molecule has 0 unspecified atom stereocenters. The van der Waals surface area contributed by atoms with E-state index in [0.717, 1.165) is 52.1 Å². The molecule has 108 valence electrons. The molecule has 3 rings (SSSR count). The molecule has 1 atom stereocenters. The van der Waals surface area contributed by atoms with Gasteiger partial charge in [-0.25, -0.2) is 0 Å². The average molecular weight is 273 g/mol. The molecule has 2 saturated heterocycles. The molecule has 0 aromatic heterocycles. The van der Waals surface area contributed by atoms with E-state index in [1.165, 1.54) is 5.56 Å². The van der Waals surface area contributed by atoms with E-state index < -0.39 is 0 Å². The summed E-state index contributed by atoms with van der Waals surface area (Å²) in [6, 6.07) is 10.6. The molecule has 2 aliphatic rings. The van der Waals surface area contributed by atoms with Crippen LogP contribution < -0.4 is 5.32 Å². The number of benzene rings is 1. The number of nitrogens with one attached hydrogen (secondary N) is 1. The first kappa shape index (κ1) is 13.6. The zero-order valence-electron chi connectivity index (χ0n) is 11.9. The van der Waals surface area contributed by atoms with Crippen LogP contribution in [0, 0.1) is 0 Å². The van der Waals surface area contributed by atoms with Gasteiger partial charge in [0.1, 0.15) is 0 Å². The Morgan fingerprint density at radius 3 is 2.55 bits per heavy atom. The fourth-order valence-electron chi connectivity index (χ4n) is 3.08. The van der Waals surface area contributed by atoms with Gasteiger partial charge in [-0.2, -0.15) is 0 Å². The van der Waals surface area contributed by atoms with E-state index in [-0.39, 0.29) is 6.04 Å². The molecule has 1 amide bonds. The molecule has 4 heteroatoms. The van der Waals surface area contributed by atoms with E-state index in [2.05, 4.69) is 40.5 Å². The molecule has 20 heavy (non-hydrogen) atoms. The van der Waals surface area contributed by atoms with Crippen LogP contribution in [0.4, 0.5) is 0 Å². The Kier molecular flexibility index (Phi) is 4.33. The minimum absolute atomic E-state index is 0.0793. The number of carbonyl (C=O) groups is 1. The van der Waals surface area contributed by atoms with Crippen LogP contribution in [0.2, 0.25) is 0 Å². The summed E-state index contributed by atoms with van der Waals surface area (Å²) in [5.74, 6) is 0.307. The van der Waals surface area contributed by atoms with Gasteiger partial charge in [0, 0.05) is 32.7 Å². The van der Waals surface area contributed by atoms with Crippen molar-refractivity contribution in [1.29, 1.82) is 0 Å². The molecule has 1 aromatic carbocycles. The van der Waals surface area contributed by atoms with Gasteiger partial charge < -0.3 is 10.2 Å². The maximum Gasteiger partial charge on any atom is 0.239 e. The van der Waals surface area contributed by atoms with Gasteiger partial charge in [-0.3, -0.25) is 9.69 Å². The lowest BCUT2D eigenvalue weighted by Gasteiger charge is -2.36. The van der Waals surface area contributed by atoms with Gasteiger partial charge in [0.2, 0.25) is 5.91 Å². The Bertz CT molecular complexity index is 434. The quantitative estimate of drug-likeness (QED) is 0.895. The summed E-state index contributed by atoms with van der Waals surface area (Å²) in [4.78, 5) is 16.8. The van der Waals surface area contributed by atoms with E-state index in [0.29, 0.717) is 5.91 Å². The molecule has 0 spiro atoms. The highest BCUT2D eigenvalue weighted by atomic mass is 16.2. The Morgan fingerprint density at radius 2 is 1.90 bits per heavy atom. The number of hydrogen-bond donors (Lipinski definition) is 1. The molecule has 0 bridgehead atoms. The van der Waals surface area contributed by atoms with Crippen molar-refractivity contribution in [1.82, 2.24) is 15.1 Å². The monoisotopic (exact) mass is 273 g/mol. The van der Waals surface area contributed by atoms with Crippen LogP contribution in [-0.2, 0) is 11.3 Å². The van der Waals surface area contributed by atoms with E-state index in [9.17, 15) is 4.79 Å². The smallest absolute Gasteiger partial charge is 0.239 e. The number of nitrogens with zero attached hydrogens (tertiary/aromatic N) is 2. The highest BCUT2D eigenvalue weighted by molar-refractivity contribution is 5.82. The Balaban J connectivity index is 1.48. The third-order valence-corrected chi connectivity index (χ3v) is 4.29. The summed E-state index contributed by atoms with van der Waals surface area (Å²) < 4.78 is 0. The van der Waals surface area contributed by atoms with Gasteiger partial charge in [-0.05, 0) is 24.9 Å². The van der Waals surface area contributed by atoms with Gasteiger partial charge >= 0.3 is 0 Å². The zero-order valence-corrected chi connectivity index (χ0v) is 11.9. The predicted octanol–water partition coefficient (Wildman–Crippen LogP) is 1.08. The lowest BCUT2D eigenvalue weighted by molar-refractivity contribution is -0.134. The van der Waals surface area contributed by atoms with Crippen LogP contribution in [0.25, 0.3) is 0 Å². The van der Waals surface area contributed by atoms with Gasteiger partial charge in [0.05, 0.1) is 6.04 Å². The van der Waals surface area contributed by atoms with Gasteiger partial charge in [0.15, 0.2) is 0 Å². The summed E-state index contributed by atoms with van der Waals surface area (Å²) in [5, 5.41) is 3.30. The van der Waals surface area contributed by atoms with Crippen LogP contribution in [0.15, 0.2) is 30.3 Å². The predicted molar refractivity (Wildman–Crippen MR) is 79.3 cm³/mol. The van der Waals surface area contributed by atoms with Gasteiger partial charge in [-0.1, -0.05) is 30.3 Å². The largest absolute Gasteiger partial charge is 0.339 e. The molecule has 0 saturated carbocycles. The molecule has 0 aliphatic carbocycles. The summed E-state index contributed by atoms with van der Waals surface area (Å²) >= 11 is 0. The van der Waals surface area contributed by atoms with Crippen molar-refractivity contribution < 1.29 is 4.79 Å². The fourth-order valence-corrected chi connectivity index (χ4v) is 3.08. The van der Waals surface area contributed by atoms with E-state index >= 15 is 0 Å². The molecule has 1 N–H and O–H groups in total. The topological polar surface area (TPSA) is 35.6 Å². The number of rotatable bonds is 3. The highest BCUT2D eigenvalue weighted by Gasteiger charge is 2.28. The van der Waals surface area contributed by atoms with Crippen molar-refractivity contribution in [2.75, 3.05) is 32.7 Å². The maximum atomic E-state index is 12.3. The molecule has 2 fully saturated rings. The Labute approximate surface area is 120 Å². The van der Waals surface area contributed by atoms with Gasteiger partial charge in [-0.15, -0.1) is 0 Å². The Hall–Kier alpha value is -1.39. The fraction of sp³-hybridized carbons (Fsp3) is 0.562. The van der Waals surface area contributed by atoms with Crippen LogP contribution in [0.5, 0.6) is 0 Å². The third kappa shape index (κ3) is 3.19. The second-order valence-electron chi connectivity index (χ2n) is 5.74. The van der Waals surface area contributed by atoms with Crippen molar-refractivity contribution in [2.24, 2.45) is 0 Å². The summed E-state index contributed by atoms with van der Waals surface area (Å²) in [7, 11) is 0. The first-order valence-electron chi connectivity index (χ1n) is 7.61. The second kappa shape index (κ2) is 6.37. The third-order valence-electron chi connectivity index (χ3n) is 4.29.